The van der Waals surface area contributed by atoms with E-state index in [1.165, 1.54) is 6.07 Å². The summed E-state index contributed by atoms with van der Waals surface area (Å²) >= 11 is 5.97. The minimum atomic E-state index is -0.417. The fraction of sp³-hybridized carbons (Fsp3) is 0.304. The molecule has 2 unspecified atom stereocenters. The second-order valence-electron chi connectivity index (χ2n) is 7.91. The van der Waals surface area contributed by atoms with Gasteiger partial charge in [-0.3, -0.25) is 4.68 Å². The lowest BCUT2D eigenvalue weighted by atomic mass is 9.92. The van der Waals surface area contributed by atoms with Crippen LogP contribution in [-0.2, 0) is 11.8 Å². The molecule has 0 radical (unpaired) electrons. The van der Waals surface area contributed by atoms with Crippen LogP contribution in [0.3, 0.4) is 0 Å². The molecule has 0 saturated carbocycles. The number of benzene rings is 1. The van der Waals surface area contributed by atoms with E-state index in [0.717, 1.165) is 24.1 Å². The van der Waals surface area contributed by atoms with Crippen molar-refractivity contribution < 1.29 is 9.13 Å². The summed E-state index contributed by atoms with van der Waals surface area (Å²) in [7, 11) is 1.89. The molecule has 0 aliphatic carbocycles. The van der Waals surface area contributed by atoms with E-state index in [4.69, 9.17) is 26.3 Å². The summed E-state index contributed by atoms with van der Waals surface area (Å²) in [5, 5.41) is 5.31. The number of halogens is 2. The number of hydrogen-bond acceptors (Lipinski definition) is 5. The molecule has 0 amide bonds. The van der Waals surface area contributed by atoms with Crippen LogP contribution in [0.2, 0.25) is 5.02 Å². The zero-order valence-corrected chi connectivity index (χ0v) is 18.0. The Kier molecular flexibility index (Phi) is 5.16. The number of fused-ring (bicyclic) bond motifs is 1. The van der Waals surface area contributed by atoms with Gasteiger partial charge in [-0.15, -0.1) is 0 Å². The van der Waals surface area contributed by atoms with Crippen LogP contribution in [0.15, 0.2) is 42.7 Å². The molecule has 1 aromatic carbocycles. The molecular weight excluding hydrogens is 417 g/mol. The lowest BCUT2D eigenvalue weighted by Gasteiger charge is -2.28. The van der Waals surface area contributed by atoms with Gasteiger partial charge in [0.25, 0.3) is 0 Å². The molecule has 0 N–H and O–H groups in total. The van der Waals surface area contributed by atoms with Gasteiger partial charge in [-0.25, -0.2) is 19.3 Å². The summed E-state index contributed by atoms with van der Waals surface area (Å²) < 4.78 is 22.6. The van der Waals surface area contributed by atoms with Gasteiger partial charge >= 0.3 is 0 Å². The molecule has 6 nitrogen and oxygen atoms in total. The number of nitrogens with zero attached hydrogens (tertiary/aromatic N) is 5. The molecule has 2 atom stereocenters. The Morgan fingerprint density at radius 3 is 2.81 bits per heavy atom. The smallest absolute Gasteiger partial charge is 0.163 e. The van der Waals surface area contributed by atoms with Crippen LogP contribution >= 0.6 is 11.6 Å². The third kappa shape index (κ3) is 3.91. The van der Waals surface area contributed by atoms with Crippen molar-refractivity contribution in [1.29, 1.82) is 0 Å². The Hall–Kier alpha value is -2.90. The second-order valence-corrected chi connectivity index (χ2v) is 8.34. The molecule has 1 aliphatic rings. The number of hydrogen-bond donors (Lipinski definition) is 0. The molecule has 0 spiro atoms. The van der Waals surface area contributed by atoms with Gasteiger partial charge < -0.3 is 4.74 Å². The minimum Gasteiger partial charge on any atom is -0.373 e. The van der Waals surface area contributed by atoms with Gasteiger partial charge in [0.05, 0.1) is 18.0 Å². The van der Waals surface area contributed by atoms with Crippen LogP contribution in [0.1, 0.15) is 41.9 Å². The fourth-order valence-corrected chi connectivity index (χ4v) is 4.22. The molecule has 0 bridgehead atoms. The Morgan fingerprint density at radius 2 is 2.03 bits per heavy atom. The van der Waals surface area contributed by atoms with Gasteiger partial charge in [0.1, 0.15) is 11.6 Å². The predicted octanol–water partition coefficient (Wildman–Crippen LogP) is 5.16. The zero-order valence-electron chi connectivity index (χ0n) is 17.2. The van der Waals surface area contributed by atoms with Crippen molar-refractivity contribution in [2.45, 2.75) is 31.8 Å². The van der Waals surface area contributed by atoms with Crippen molar-refractivity contribution in [3.63, 3.8) is 0 Å². The largest absolute Gasteiger partial charge is 0.373 e. The highest BCUT2D eigenvalue weighted by molar-refractivity contribution is 6.30. The van der Waals surface area contributed by atoms with Crippen molar-refractivity contribution in [3.8, 4) is 11.3 Å². The number of aromatic nitrogens is 5. The molecule has 3 aromatic heterocycles. The Labute approximate surface area is 184 Å². The average molecular weight is 438 g/mol. The van der Waals surface area contributed by atoms with Crippen molar-refractivity contribution in [1.82, 2.24) is 24.7 Å². The number of pyridine rings is 1. The molecule has 4 aromatic rings. The molecule has 8 heteroatoms. The molecule has 4 heterocycles. The van der Waals surface area contributed by atoms with E-state index in [-0.39, 0.29) is 12.0 Å². The van der Waals surface area contributed by atoms with E-state index in [2.05, 4.69) is 10.1 Å². The standard InChI is InChI=1S/C23H21ClFN5O/c1-13-3-5-18-21(17-6-4-16(24)10-19(17)25)28-22(29-23(18)27-13)14-7-8-31-20(9-14)15-11-26-30(2)12-15/h3-6,10-12,14,20H,7-9H2,1-2H3. The fourth-order valence-electron chi connectivity index (χ4n) is 4.06. The first-order valence-electron chi connectivity index (χ1n) is 10.2. The van der Waals surface area contributed by atoms with Gasteiger partial charge in [-0.1, -0.05) is 11.6 Å². The lowest BCUT2D eigenvalue weighted by Crippen LogP contribution is -2.20. The first-order valence-corrected chi connectivity index (χ1v) is 10.6. The first-order chi connectivity index (χ1) is 15.0. The monoisotopic (exact) mass is 437 g/mol. The van der Waals surface area contributed by atoms with Crippen LogP contribution in [0.5, 0.6) is 0 Å². The van der Waals surface area contributed by atoms with Crippen LogP contribution in [-0.4, -0.2) is 31.3 Å². The van der Waals surface area contributed by atoms with Gasteiger partial charge in [0.2, 0.25) is 0 Å². The topological polar surface area (TPSA) is 65.7 Å². The highest BCUT2D eigenvalue weighted by Gasteiger charge is 2.29. The quantitative estimate of drug-likeness (QED) is 0.443. The van der Waals surface area contributed by atoms with Crippen molar-refractivity contribution >= 4 is 22.6 Å². The summed E-state index contributed by atoms with van der Waals surface area (Å²) in [5.74, 6) is 0.311. The maximum Gasteiger partial charge on any atom is 0.163 e. The molecule has 1 aliphatic heterocycles. The Bertz CT molecular complexity index is 1270. The first kappa shape index (κ1) is 20.0. The van der Waals surface area contributed by atoms with E-state index < -0.39 is 5.82 Å². The number of ether oxygens (including phenoxy) is 1. The van der Waals surface area contributed by atoms with Crippen molar-refractivity contribution in [3.05, 3.63) is 70.6 Å². The minimum absolute atomic E-state index is 0.0692. The SMILES string of the molecule is Cc1ccc2c(-c3ccc(Cl)cc3F)nc(C3CCOC(c4cnn(C)c4)C3)nc2n1. The van der Waals surface area contributed by atoms with Crippen LogP contribution in [0.4, 0.5) is 4.39 Å². The number of aryl methyl sites for hydroxylation is 2. The van der Waals surface area contributed by atoms with E-state index in [1.54, 1.807) is 16.8 Å². The Balaban J connectivity index is 1.60. The summed E-state index contributed by atoms with van der Waals surface area (Å²) in [5.41, 5.74) is 3.37. The van der Waals surface area contributed by atoms with Crippen LogP contribution in [0.25, 0.3) is 22.3 Å². The molecule has 5 rings (SSSR count). The molecule has 31 heavy (non-hydrogen) atoms. The highest BCUT2D eigenvalue weighted by atomic mass is 35.5. The summed E-state index contributed by atoms with van der Waals surface area (Å²) in [6.07, 6.45) is 5.23. The third-order valence-electron chi connectivity index (χ3n) is 5.65. The third-order valence-corrected chi connectivity index (χ3v) is 5.88. The van der Waals surface area contributed by atoms with Crippen molar-refractivity contribution in [2.24, 2.45) is 7.05 Å². The second kappa shape index (κ2) is 7.98. The summed E-state index contributed by atoms with van der Waals surface area (Å²) in [6.45, 7) is 2.51. The highest BCUT2D eigenvalue weighted by Crippen LogP contribution is 2.38. The summed E-state index contributed by atoms with van der Waals surface area (Å²) in [6, 6.07) is 8.41. The van der Waals surface area contributed by atoms with Crippen LogP contribution in [0, 0.1) is 12.7 Å². The van der Waals surface area contributed by atoms with Gasteiger partial charge in [-0.2, -0.15) is 5.10 Å². The molecule has 158 valence electrons. The Morgan fingerprint density at radius 1 is 1.16 bits per heavy atom. The van der Waals surface area contributed by atoms with E-state index >= 15 is 0 Å². The van der Waals surface area contributed by atoms with E-state index in [0.29, 0.717) is 39.7 Å². The molecule has 1 saturated heterocycles. The predicted molar refractivity (Wildman–Crippen MR) is 116 cm³/mol. The van der Waals surface area contributed by atoms with Crippen molar-refractivity contribution in [2.75, 3.05) is 6.61 Å². The lowest BCUT2D eigenvalue weighted by molar-refractivity contribution is 0.00398. The van der Waals surface area contributed by atoms with Gasteiger partial charge in [0.15, 0.2) is 5.65 Å². The van der Waals surface area contributed by atoms with Crippen LogP contribution < -0.4 is 0 Å². The average Bonchev–Trinajstić information content (AvgIpc) is 3.19. The maximum atomic E-state index is 14.8. The van der Waals surface area contributed by atoms with E-state index in [9.17, 15) is 4.39 Å². The van der Waals surface area contributed by atoms with Gasteiger partial charge in [0, 0.05) is 53.0 Å². The normalized spacial score (nSPS) is 19.1. The number of rotatable bonds is 3. The maximum absolute atomic E-state index is 14.8. The van der Waals surface area contributed by atoms with E-state index in [1.807, 2.05) is 38.5 Å². The zero-order chi connectivity index (χ0) is 21.5. The summed E-state index contributed by atoms with van der Waals surface area (Å²) in [4.78, 5) is 14.2. The molecular formula is C23H21ClFN5O. The van der Waals surface area contributed by atoms with Gasteiger partial charge in [-0.05, 0) is 50.1 Å². The molecule has 1 fully saturated rings.